The van der Waals surface area contributed by atoms with Crippen molar-refractivity contribution in [2.75, 3.05) is 32.2 Å². The quantitative estimate of drug-likeness (QED) is 0.591. The molecule has 1 aliphatic heterocycles. The van der Waals surface area contributed by atoms with E-state index in [1.165, 1.54) is 0 Å². The molecule has 2 aromatic heterocycles. The molecule has 0 amide bonds. The van der Waals surface area contributed by atoms with Gasteiger partial charge in [0.25, 0.3) is 0 Å². The SMILES string of the molecule is COc1ccc(-c2cnnc(N3CCCC(OCc4cccnc4)C3)n2)c(OC)c1. The monoisotopic (exact) mass is 407 g/mol. The minimum absolute atomic E-state index is 0.113. The van der Waals surface area contributed by atoms with Gasteiger partial charge in [-0.2, -0.15) is 5.10 Å². The first kappa shape index (κ1) is 20.0. The molecule has 1 unspecified atom stereocenters. The van der Waals surface area contributed by atoms with Gasteiger partial charge in [-0.15, -0.1) is 5.10 Å². The number of nitrogens with zero attached hydrogens (tertiary/aromatic N) is 5. The molecule has 156 valence electrons. The van der Waals surface area contributed by atoms with Crippen LogP contribution in [0.15, 0.2) is 48.9 Å². The minimum Gasteiger partial charge on any atom is -0.497 e. The molecule has 1 aromatic carbocycles. The van der Waals surface area contributed by atoms with Gasteiger partial charge in [-0.05, 0) is 36.6 Å². The Labute approximate surface area is 175 Å². The van der Waals surface area contributed by atoms with E-state index in [9.17, 15) is 0 Å². The van der Waals surface area contributed by atoms with Gasteiger partial charge in [0.15, 0.2) is 0 Å². The average Bonchev–Trinajstić information content (AvgIpc) is 2.83. The highest BCUT2D eigenvalue weighted by Gasteiger charge is 2.23. The Bertz CT molecular complexity index is 970. The molecule has 3 heterocycles. The van der Waals surface area contributed by atoms with Gasteiger partial charge in [-0.1, -0.05) is 6.07 Å². The van der Waals surface area contributed by atoms with Gasteiger partial charge in [0, 0.05) is 37.1 Å². The number of piperidine rings is 1. The number of hydrogen-bond acceptors (Lipinski definition) is 8. The average molecular weight is 407 g/mol. The van der Waals surface area contributed by atoms with Crippen molar-refractivity contribution in [1.29, 1.82) is 0 Å². The summed E-state index contributed by atoms with van der Waals surface area (Å²) >= 11 is 0. The molecule has 30 heavy (non-hydrogen) atoms. The molecule has 4 rings (SSSR count). The maximum atomic E-state index is 6.11. The first-order chi connectivity index (χ1) is 14.8. The third-order valence-electron chi connectivity index (χ3n) is 5.10. The molecule has 8 nitrogen and oxygen atoms in total. The Morgan fingerprint density at radius 2 is 2.07 bits per heavy atom. The number of hydrogen-bond donors (Lipinski definition) is 0. The van der Waals surface area contributed by atoms with Gasteiger partial charge >= 0.3 is 0 Å². The number of ether oxygens (including phenoxy) is 3. The van der Waals surface area contributed by atoms with E-state index in [-0.39, 0.29) is 6.10 Å². The second-order valence-electron chi connectivity index (χ2n) is 7.09. The van der Waals surface area contributed by atoms with Crippen LogP contribution in [0.25, 0.3) is 11.3 Å². The van der Waals surface area contributed by atoms with Crippen molar-refractivity contribution in [2.24, 2.45) is 0 Å². The van der Waals surface area contributed by atoms with E-state index >= 15 is 0 Å². The molecule has 0 spiro atoms. The number of methoxy groups -OCH3 is 2. The second kappa shape index (κ2) is 9.49. The van der Waals surface area contributed by atoms with Crippen LogP contribution in [0.4, 0.5) is 5.95 Å². The molecule has 1 saturated heterocycles. The van der Waals surface area contributed by atoms with Crippen LogP contribution in [-0.4, -0.2) is 53.6 Å². The molecule has 1 aliphatic rings. The lowest BCUT2D eigenvalue weighted by molar-refractivity contribution is 0.0311. The van der Waals surface area contributed by atoms with E-state index in [2.05, 4.69) is 20.1 Å². The molecule has 8 heteroatoms. The first-order valence-electron chi connectivity index (χ1n) is 9.94. The van der Waals surface area contributed by atoms with Gasteiger partial charge in [0.2, 0.25) is 5.95 Å². The van der Waals surface area contributed by atoms with Crippen molar-refractivity contribution in [2.45, 2.75) is 25.6 Å². The zero-order valence-electron chi connectivity index (χ0n) is 17.2. The standard InChI is InChI=1S/C22H25N5O3/c1-28-17-7-8-19(21(11-17)29-2)20-13-24-26-22(25-20)27-10-4-6-18(14-27)30-15-16-5-3-9-23-12-16/h3,5,7-9,11-13,18H,4,6,10,14-15H2,1-2H3. The van der Waals surface area contributed by atoms with E-state index < -0.39 is 0 Å². The number of pyridine rings is 1. The zero-order chi connectivity index (χ0) is 20.8. The van der Waals surface area contributed by atoms with Crippen molar-refractivity contribution in [3.8, 4) is 22.8 Å². The lowest BCUT2D eigenvalue weighted by atomic mass is 10.1. The van der Waals surface area contributed by atoms with E-state index in [0.717, 1.165) is 42.8 Å². The van der Waals surface area contributed by atoms with Gasteiger partial charge in [0.05, 0.1) is 38.8 Å². The maximum Gasteiger partial charge on any atom is 0.246 e. The number of anilines is 1. The van der Waals surface area contributed by atoms with Gasteiger partial charge in [-0.25, -0.2) is 4.98 Å². The fourth-order valence-corrected chi connectivity index (χ4v) is 3.52. The summed E-state index contributed by atoms with van der Waals surface area (Å²) in [4.78, 5) is 11.0. The molecular formula is C22H25N5O3. The summed E-state index contributed by atoms with van der Waals surface area (Å²) in [6.45, 7) is 2.15. The van der Waals surface area contributed by atoms with Crippen LogP contribution >= 0.6 is 0 Å². The highest BCUT2D eigenvalue weighted by molar-refractivity contribution is 5.68. The highest BCUT2D eigenvalue weighted by Crippen LogP contribution is 2.32. The summed E-state index contributed by atoms with van der Waals surface area (Å²) in [6, 6.07) is 9.57. The van der Waals surface area contributed by atoms with E-state index in [4.69, 9.17) is 19.2 Å². The van der Waals surface area contributed by atoms with Gasteiger partial charge < -0.3 is 19.1 Å². The molecule has 1 fully saturated rings. The topological polar surface area (TPSA) is 82.5 Å². The molecule has 3 aromatic rings. The van der Waals surface area contributed by atoms with Crippen LogP contribution < -0.4 is 14.4 Å². The summed E-state index contributed by atoms with van der Waals surface area (Å²) in [5, 5.41) is 8.45. The first-order valence-corrected chi connectivity index (χ1v) is 9.94. The predicted molar refractivity (Wildman–Crippen MR) is 113 cm³/mol. The minimum atomic E-state index is 0.113. The molecule has 0 bridgehead atoms. The summed E-state index contributed by atoms with van der Waals surface area (Å²) in [5.74, 6) is 2.00. The summed E-state index contributed by atoms with van der Waals surface area (Å²) in [5.41, 5.74) is 2.62. The van der Waals surface area contributed by atoms with Crippen LogP contribution in [0, 0.1) is 0 Å². The Morgan fingerprint density at radius 3 is 2.87 bits per heavy atom. The third-order valence-corrected chi connectivity index (χ3v) is 5.10. The second-order valence-corrected chi connectivity index (χ2v) is 7.09. The summed E-state index contributed by atoms with van der Waals surface area (Å²) < 4.78 is 16.9. The molecule has 0 saturated carbocycles. The summed E-state index contributed by atoms with van der Waals surface area (Å²) in [6.07, 6.45) is 7.38. The lowest BCUT2D eigenvalue weighted by Crippen LogP contribution is -2.40. The van der Waals surface area contributed by atoms with E-state index in [1.54, 1.807) is 26.6 Å². The van der Waals surface area contributed by atoms with E-state index in [0.29, 0.717) is 24.0 Å². The van der Waals surface area contributed by atoms with Crippen LogP contribution in [-0.2, 0) is 11.3 Å². The fraction of sp³-hybridized carbons (Fsp3) is 0.364. The van der Waals surface area contributed by atoms with Gasteiger partial charge in [0.1, 0.15) is 11.5 Å². The largest absolute Gasteiger partial charge is 0.497 e. The van der Waals surface area contributed by atoms with E-state index in [1.807, 2.05) is 36.5 Å². The molecule has 0 aliphatic carbocycles. The Morgan fingerprint density at radius 1 is 1.13 bits per heavy atom. The fourth-order valence-electron chi connectivity index (χ4n) is 3.52. The predicted octanol–water partition coefficient (Wildman–Crippen LogP) is 3.14. The van der Waals surface area contributed by atoms with Gasteiger partial charge in [-0.3, -0.25) is 4.98 Å². The third kappa shape index (κ3) is 4.65. The Kier molecular flexibility index (Phi) is 6.34. The lowest BCUT2D eigenvalue weighted by Gasteiger charge is -2.32. The van der Waals surface area contributed by atoms with Crippen molar-refractivity contribution < 1.29 is 14.2 Å². The number of benzene rings is 1. The maximum absolute atomic E-state index is 6.11. The normalized spacial score (nSPS) is 16.3. The Hall–Kier alpha value is -3.26. The zero-order valence-corrected chi connectivity index (χ0v) is 17.2. The summed E-state index contributed by atoms with van der Waals surface area (Å²) in [7, 11) is 3.25. The number of rotatable bonds is 7. The van der Waals surface area contributed by atoms with Crippen molar-refractivity contribution >= 4 is 5.95 Å². The molecule has 0 N–H and O–H groups in total. The van der Waals surface area contributed by atoms with Crippen LogP contribution in [0.2, 0.25) is 0 Å². The van der Waals surface area contributed by atoms with Crippen molar-refractivity contribution in [1.82, 2.24) is 20.2 Å². The molecule has 1 atom stereocenters. The highest BCUT2D eigenvalue weighted by atomic mass is 16.5. The Balaban J connectivity index is 1.48. The van der Waals surface area contributed by atoms with Crippen LogP contribution in [0.3, 0.4) is 0 Å². The van der Waals surface area contributed by atoms with Crippen LogP contribution in [0.1, 0.15) is 18.4 Å². The van der Waals surface area contributed by atoms with Crippen LogP contribution in [0.5, 0.6) is 11.5 Å². The number of aromatic nitrogens is 4. The van der Waals surface area contributed by atoms with Crippen molar-refractivity contribution in [3.63, 3.8) is 0 Å². The van der Waals surface area contributed by atoms with Crippen molar-refractivity contribution in [3.05, 3.63) is 54.5 Å². The molecular weight excluding hydrogens is 382 g/mol. The smallest absolute Gasteiger partial charge is 0.246 e. The molecule has 0 radical (unpaired) electrons.